The molecule has 0 atom stereocenters. The van der Waals surface area contributed by atoms with Gasteiger partial charge in [-0.15, -0.1) is 10.2 Å². The molecule has 2 aromatic carbocycles. The van der Waals surface area contributed by atoms with Gasteiger partial charge in [-0.1, -0.05) is 17.7 Å². The Labute approximate surface area is 158 Å². The summed E-state index contributed by atoms with van der Waals surface area (Å²) in [5.74, 6) is -0.127. The number of anilines is 2. The Morgan fingerprint density at radius 2 is 1.67 bits per heavy atom. The predicted octanol–water partition coefficient (Wildman–Crippen LogP) is 4.29. The van der Waals surface area contributed by atoms with E-state index >= 15 is 0 Å². The highest BCUT2D eigenvalue weighted by Gasteiger charge is 2.16. The van der Waals surface area contributed by atoms with Gasteiger partial charge in [-0.3, -0.25) is 4.79 Å². The van der Waals surface area contributed by atoms with Gasteiger partial charge in [0.1, 0.15) is 0 Å². The van der Waals surface area contributed by atoms with E-state index in [4.69, 9.17) is 4.42 Å². The van der Waals surface area contributed by atoms with Crippen molar-refractivity contribution in [1.82, 2.24) is 10.2 Å². The van der Waals surface area contributed by atoms with E-state index in [2.05, 4.69) is 20.4 Å². The largest absolute Gasteiger partial charge is 0.412 e. The Bertz CT molecular complexity index is 910. The molecule has 0 saturated carbocycles. The van der Waals surface area contributed by atoms with E-state index in [1.165, 1.54) is 24.9 Å². The number of rotatable bonds is 4. The first-order chi connectivity index (χ1) is 13.2. The summed E-state index contributed by atoms with van der Waals surface area (Å²) < 4.78 is 5.52. The summed E-state index contributed by atoms with van der Waals surface area (Å²) in [7, 11) is 0. The van der Waals surface area contributed by atoms with Crippen LogP contribution in [0.25, 0.3) is 11.5 Å². The van der Waals surface area contributed by atoms with Gasteiger partial charge >= 0.3 is 11.8 Å². The molecule has 1 amide bonds. The zero-order valence-electron chi connectivity index (χ0n) is 15.3. The molecular formula is C21H22N4O2. The fourth-order valence-electron chi connectivity index (χ4n) is 3.22. The Morgan fingerprint density at radius 1 is 0.963 bits per heavy atom. The summed E-state index contributed by atoms with van der Waals surface area (Å²) in [6, 6.07) is 15.6. The van der Waals surface area contributed by atoms with Crippen LogP contribution in [0.2, 0.25) is 0 Å². The van der Waals surface area contributed by atoms with Gasteiger partial charge in [-0.25, -0.2) is 0 Å². The van der Waals surface area contributed by atoms with E-state index in [0.29, 0.717) is 11.6 Å². The third-order valence-electron chi connectivity index (χ3n) is 4.76. The standard InChI is InChI=1S/C21H22N4O2/c1-15-5-7-16(8-6-15)20-23-24-21(27-20)19(26)22-17-9-11-18(12-10-17)25-13-3-2-4-14-25/h5-12H,2-4,13-14H2,1H3,(H,22,26). The van der Waals surface area contributed by atoms with Gasteiger partial charge in [0.25, 0.3) is 0 Å². The number of carbonyl (C=O) groups is 1. The highest BCUT2D eigenvalue weighted by Crippen LogP contribution is 2.23. The molecule has 0 radical (unpaired) electrons. The molecule has 1 aliphatic heterocycles. The number of nitrogens with zero attached hydrogens (tertiary/aromatic N) is 3. The molecule has 138 valence electrons. The average molecular weight is 362 g/mol. The molecule has 4 rings (SSSR count). The van der Waals surface area contributed by atoms with Crippen molar-refractivity contribution in [3.8, 4) is 11.5 Å². The number of aryl methyl sites for hydroxylation is 1. The monoisotopic (exact) mass is 362 g/mol. The molecule has 0 bridgehead atoms. The van der Waals surface area contributed by atoms with Crippen molar-refractivity contribution in [2.24, 2.45) is 0 Å². The molecule has 0 spiro atoms. The van der Waals surface area contributed by atoms with Crippen molar-refractivity contribution in [3.63, 3.8) is 0 Å². The number of nitrogens with one attached hydrogen (secondary N) is 1. The SMILES string of the molecule is Cc1ccc(-c2nnc(C(=O)Nc3ccc(N4CCCCC4)cc3)o2)cc1. The van der Waals surface area contributed by atoms with Gasteiger partial charge < -0.3 is 14.6 Å². The summed E-state index contributed by atoms with van der Waals surface area (Å²) >= 11 is 0. The van der Waals surface area contributed by atoms with E-state index in [0.717, 1.165) is 24.2 Å². The quantitative estimate of drug-likeness (QED) is 0.750. The Balaban J connectivity index is 1.42. The molecule has 2 heterocycles. The van der Waals surface area contributed by atoms with E-state index in [9.17, 15) is 4.79 Å². The topological polar surface area (TPSA) is 71.3 Å². The average Bonchev–Trinajstić information content (AvgIpc) is 3.20. The van der Waals surface area contributed by atoms with Gasteiger partial charge in [0.2, 0.25) is 5.89 Å². The Morgan fingerprint density at radius 3 is 2.37 bits per heavy atom. The van der Waals surface area contributed by atoms with Crippen LogP contribution < -0.4 is 10.2 Å². The Kier molecular flexibility index (Phi) is 4.87. The van der Waals surface area contributed by atoms with Crippen molar-refractivity contribution in [1.29, 1.82) is 0 Å². The number of hydrogen-bond acceptors (Lipinski definition) is 5. The van der Waals surface area contributed by atoms with Gasteiger partial charge in [0, 0.05) is 30.0 Å². The zero-order chi connectivity index (χ0) is 18.6. The number of amides is 1. The minimum atomic E-state index is -0.411. The lowest BCUT2D eigenvalue weighted by Crippen LogP contribution is -2.29. The van der Waals surface area contributed by atoms with Crippen molar-refractivity contribution in [2.75, 3.05) is 23.3 Å². The highest BCUT2D eigenvalue weighted by molar-refractivity contribution is 6.01. The molecule has 0 aliphatic carbocycles. The molecule has 0 unspecified atom stereocenters. The molecule has 6 nitrogen and oxygen atoms in total. The van der Waals surface area contributed by atoms with Crippen LogP contribution in [0.5, 0.6) is 0 Å². The van der Waals surface area contributed by atoms with Crippen molar-refractivity contribution < 1.29 is 9.21 Å². The van der Waals surface area contributed by atoms with Crippen molar-refractivity contribution in [3.05, 3.63) is 60.0 Å². The van der Waals surface area contributed by atoms with E-state index in [1.54, 1.807) is 0 Å². The number of benzene rings is 2. The summed E-state index contributed by atoms with van der Waals surface area (Å²) in [5.41, 5.74) is 3.82. The normalized spacial score (nSPS) is 14.2. The highest BCUT2D eigenvalue weighted by atomic mass is 16.4. The fourth-order valence-corrected chi connectivity index (χ4v) is 3.22. The van der Waals surface area contributed by atoms with Crippen molar-refractivity contribution in [2.45, 2.75) is 26.2 Å². The van der Waals surface area contributed by atoms with Crippen LogP contribution in [-0.4, -0.2) is 29.2 Å². The first-order valence-corrected chi connectivity index (χ1v) is 9.26. The fraction of sp³-hybridized carbons (Fsp3) is 0.286. The third-order valence-corrected chi connectivity index (χ3v) is 4.76. The van der Waals surface area contributed by atoms with Crippen LogP contribution in [0, 0.1) is 6.92 Å². The maximum Gasteiger partial charge on any atom is 0.313 e. The number of carbonyl (C=O) groups excluding carboxylic acids is 1. The van der Waals surface area contributed by atoms with Crippen LogP contribution in [0.3, 0.4) is 0 Å². The number of piperidine rings is 1. The first-order valence-electron chi connectivity index (χ1n) is 9.26. The minimum absolute atomic E-state index is 0.0503. The van der Waals surface area contributed by atoms with Crippen LogP contribution >= 0.6 is 0 Å². The molecule has 27 heavy (non-hydrogen) atoms. The molecule has 1 aliphatic rings. The van der Waals surface area contributed by atoms with E-state index in [1.807, 2.05) is 55.5 Å². The lowest BCUT2D eigenvalue weighted by molar-refractivity contribution is 0.0991. The second-order valence-electron chi connectivity index (χ2n) is 6.83. The first kappa shape index (κ1) is 17.3. The molecule has 1 fully saturated rings. The van der Waals surface area contributed by atoms with Crippen LogP contribution in [0.15, 0.2) is 52.9 Å². The maximum atomic E-state index is 12.4. The lowest BCUT2D eigenvalue weighted by Gasteiger charge is -2.28. The van der Waals surface area contributed by atoms with Gasteiger partial charge in [-0.2, -0.15) is 0 Å². The minimum Gasteiger partial charge on any atom is -0.412 e. The second-order valence-corrected chi connectivity index (χ2v) is 6.83. The van der Waals surface area contributed by atoms with Crippen molar-refractivity contribution >= 4 is 17.3 Å². The number of aromatic nitrogens is 2. The summed E-state index contributed by atoms with van der Waals surface area (Å²) in [4.78, 5) is 14.8. The summed E-state index contributed by atoms with van der Waals surface area (Å²) in [5, 5.41) is 10.6. The Hall–Kier alpha value is -3.15. The molecule has 6 heteroatoms. The van der Waals surface area contributed by atoms with Crippen LogP contribution in [0.4, 0.5) is 11.4 Å². The van der Waals surface area contributed by atoms with Gasteiger partial charge in [0.15, 0.2) is 0 Å². The van der Waals surface area contributed by atoms with Gasteiger partial charge in [0.05, 0.1) is 0 Å². The molecular weight excluding hydrogens is 340 g/mol. The van der Waals surface area contributed by atoms with Crippen LogP contribution in [-0.2, 0) is 0 Å². The molecule has 1 aromatic heterocycles. The zero-order valence-corrected chi connectivity index (χ0v) is 15.3. The lowest BCUT2D eigenvalue weighted by atomic mass is 10.1. The second kappa shape index (κ2) is 7.61. The number of hydrogen-bond donors (Lipinski definition) is 1. The predicted molar refractivity (Wildman–Crippen MR) is 105 cm³/mol. The summed E-state index contributed by atoms with van der Waals surface area (Å²) in [6.45, 7) is 4.19. The molecule has 3 aromatic rings. The third kappa shape index (κ3) is 4.00. The molecule has 1 saturated heterocycles. The van der Waals surface area contributed by atoms with E-state index in [-0.39, 0.29) is 5.89 Å². The van der Waals surface area contributed by atoms with E-state index < -0.39 is 5.91 Å². The summed E-state index contributed by atoms with van der Waals surface area (Å²) in [6.07, 6.45) is 3.78. The van der Waals surface area contributed by atoms with Gasteiger partial charge in [-0.05, 0) is 62.6 Å². The van der Waals surface area contributed by atoms with Crippen LogP contribution in [0.1, 0.15) is 35.5 Å². The molecule has 1 N–H and O–H groups in total. The smallest absolute Gasteiger partial charge is 0.313 e. The maximum absolute atomic E-state index is 12.4.